The summed E-state index contributed by atoms with van der Waals surface area (Å²) in [7, 11) is 0. The van der Waals surface area contributed by atoms with Crippen molar-refractivity contribution in [1.82, 2.24) is 5.32 Å². The molecule has 28 heavy (non-hydrogen) atoms. The van der Waals surface area contributed by atoms with E-state index in [0.29, 0.717) is 17.9 Å². The summed E-state index contributed by atoms with van der Waals surface area (Å²) in [4.78, 5) is 16.9. The second-order valence-corrected chi connectivity index (χ2v) is 9.22. The first-order valence-electron chi connectivity index (χ1n) is 10.2. The maximum Gasteiger partial charge on any atom is 0.162 e. The number of ketones is 1. The number of para-hydroxylation sites is 1. The Bertz CT molecular complexity index is 900. The van der Waals surface area contributed by atoms with Crippen LogP contribution in [0.25, 0.3) is 0 Å². The molecule has 0 bridgehead atoms. The number of halogens is 1. The lowest BCUT2D eigenvalue weighted by atomic mass is 9.73. The molecular formula is C23H25FN2OS. The normalized spacial score (nSPS) is 25.8. The molecule has 3 aliphatic rings. The molecule has 1 fully saturated rings. The second kappa shape index (κ2) is 7.20. The van der Waals surface area contributed by atoms with Crippen LogP contribution in [-0.4, -0.2) is 36.7 Å². The van der Waals surface area contributed by atoms with E-state index in [1.165, 1.54) is 34.7 Å². The van der Waals surface area contributed by atoms with Gasteiger partial charge in [-0.2, -0.15) is 0 Å². The summed E-state index contributed by atoms with van der Waals surface area (Å²) in [5.74, 6) is 1.40. The molecule has 0 saturated carbocycles. The Morgan fingerprint density at radius 2 is 2.11 bits per heavy atom. The van der Waals surface area contributed by atoms with Crippen LogP contribution in [0.2, 0.25) is 0 Å². The lowest BCUT2D eigenvalue weighted by molar-refractivity contribution is 0.0961. The molecule has 3 heterocycles. The molecule has 2 aromatic carbocycles. The third-order valence-electron chi connectivity index (χ3n) is 6.68. The molecule has 0 radical (unpaired) electrons. The maximum absolute atomic E-state index is 13.2. The first kappa shape index (κ1) is 18.2. The lowest BCUT2D eigenvalue weighted by Crippen LogP contribution is -2.56. The molecule has 1 saturated heterocycles. The van der Waals surface area contributed by atoms with E-state index in [9.17, 15) is 9.18 Å². The number of carbonyl (C=O) groups is 1. The van der Waals surface area contributed by atoms with Crippen LogP contribution in [0.5, 0.6) is 0 Å². The Hall–Kier alpha value is -1.85. The Morgan fingerprint density at radius 3 is 2.96 bits per heavy atom. The molecule has 3 aliphatic heterocycles. The van der Waals surface area contributed by atoms with Crippen molar-refractivity contribution in [3.8, 4) is 0 Å². The number of nitrogens with zero attached hydrogens (tertiary/aromatic N) is 1. The summed E-state index contributed by atoms with van der Waals surface area (Å²) in [6, 6.07) is 12.7. The zero-order valence-electron chi connectivity index (χ0n) is 15.9. The Balaban J connectivity index is 1.47. The van der Waals surface area contributed by atoms with Gasteiger partial charge in [-0.3, -0.25) is 4.79 Å². The molecule has 5 rings (SSSR count). The summed E-state index contributed by atoms with van der Waals surface area (Å²) >= 11 is 1.97. The van der Waals surface area contributed by atoms with Gasteiger partial charge >= 0.3 is 0 Å². The highest BCUT2D eigenvalue weighted by molar-refractivity contribution is 7.99. The zero-order chi connectivity index (χ0) is 19.1. The number of nitrogens with one attached hydrogen (secondary N) is 1. The van der Waals surface area contributed by atoms with Gasteiger partial charge in [0.05, 0.1) is 11.2 Å². The molecule has 0 unspecified atom stereocenters. The highest BCUT2D eigenvalue weighted by Crippen LogP contribution is 2.56. The molecule has 3 nitrogen and oxygen atoms in total. The fourth-order valence-corrected chi connectivity index (χ4v) is 6.40. The summed E-state index contributed by atoms with van der Waals surface area (Å²) in [5.41, 5.74) is 3.51. The molecule has 1 N–H and O–H groups in total. The molecule has 146 valence electrons. The monoisotopic (exact) mass is 396 g/mol. The first-order valence-corrected chi connectivity index (χ1v) is 11.2. The highest BCUT2D eigenvalue weighted by Gasteiger charge is 2.53. The van der Waals surface area contributed by atoms with Gasteiger partial charge in [-0.25, -0.2) is 4.39 Å². The summed E-state index contributed by atoms with van der Waals surface area (Å²) in [6.07, 6.45) is 3.60. The Labute approximate surface area is 169 Å². The third-order valence-corrected chi connectivity index (χ3v) is 7.81. The zero-order valence-corrected chi connectivity index (χ0v) is 16.7. The molecule has 2 atom stereocenters. The van der Waals surface area contributed by atoms with Gasteiger partial charge in [0.15, 0.2) is 5.78 Å². The molecule has 2 aromatic rings. The average Bonchev–Trinajstić information content (AvgIpc) is 2.84. The number of carbonyl (C=O) groups excluding carboxylic acids is 1. The minimum absolute atomic E-state index is 0.0181. The van der Waals surface area contributed by atoms with Crippen LogP contribution >= 0.6 is 11.8 Å². The maximum atomic E-state index is 13.2. The van der Waals surface area contributed by atoms with Crippen LogP contribution in [0, 0.1) is 5.82 Å². The minimum atomic E-state index is -0.297. The Morgan fingerprint density at radius 1 is 1.25 bits per heavy atom. The summed E-state index contributed by atoms with van der Waals surface area (Å²) in [6.45, 7) is 3.04. The smallest absolute Gasteiger partial charge is 0.162 e. The lowest BCUT2D eigenvalue weighted by Gasteiger charge is -2.47. The van der Waals surface area contributed by atoms with Crippen molar-refractivity contribution in [2.24, 2.45) is 0 Å². The van der Waals surface area contributed by atoms with Gasteiger partial charge < -0.3 is 10.2 Å². The fourth-order valence-electron chi connectivity index (χ4n) is 5.37. The third kappa shape index (κ3) is 2.87. The van der Waals surface area contributed by atoms with Crippen LogP contribution < -0.4 is 10.2 Å². The van der Waals surface area contributed by atoms with Crippen LogP contribution in [0.15, 0.2) is 47.4 Å². The Kier molecular flexibility index (Phi) is 4.68. The predicted molar refractivity (Wildman–Crippen MR) is 112 cm³/mol. The van der Waals surface area contributed by atoms with Crippen molar-refractivity contribution in [3.05, 3.63) is 59.4 Å². The van der Waals surface area contributed by atoms with E-state index >= 15 is 0 Å². The quantitative estimate of drug-likeness (QED) is 0.765. The van der Waals surface area contributed by atoms with Crippen LogP contribution in [0.1, 0.15) is 47.5 Å². The number of fused-ring (bicyclic) bond motifs is 3. The molecule has 0 spiro atoms. The van der Waals surface area contributed by atoms with E-state index in [-0.39, 0.29) is 17.1 Å². The molecule has 5 heteroatoms. The SMILES string of the molecule is O=C(CC[C@]12CCNC[C@H]1c1cccc3c1N2CCCS3)c1ccc(F)cc1. The molecule has 0 amide bonds. The predicted octanol–water partition coefficient (Wildman–Crippen LogP) is 4.62. The van der Waals surface area contributed by atoms with Gasteiger partial charge in [0.2, 0.25) is 0 Å². The van der Waals surface area contributed by atoms with E-state index < -0.39 is 0 Å². The van der Waals surface area contributed by atoms with E-state index in [0.717, 1.165) is 38.2 Å². The van der Waals surface area contributed by atoms with Gasteiger partial charge in [0.25, 0.3) is 0 Å². The number of hydrogen-bond acceptors (Lipinski definition) is 4. The number of Topliss-reactive ketones (excluding diaryl/α,β-unsaturated/α-hetero) is 1. The number of thioether (sulfide) groups is 1. The number of piperidine rings is 1. The summed E-state index contributed by atoms with van der Waals surface area (Å²) < 4.78 is 13.2. The van der Waals surface area contributed by atoms with Crippen LogP contribution in [0.3, 0.4) is 0 Å². The summed E-state index contributed by atoms with van der Waals surface area (Å²) in [5, 5.41) is 3.59. The molecule has 0 aromatic heterocycles. The fraction of sp³-hybridized carbons (Fsp3) is 0.435. The van der Waals surface area contributed by atoms with Crippen LogP contribution in [0.4, 0.5) is 10.1 Å². The number of benzene rings is 2. The van der Waals surface area contributed by atoms with Crippen LogP contribution in [-0.2, 0) is 0 Å². The number of hydrogen-bond donors (Lipinski definition) is 1. The van der Waals surface area contributed by atoms with Crippen molar-refractivity contribution < 1.29 is 9.18 Å². The minimum Gasteiger partial charge on any atom is -0.364 e. The number of anilines is 1. The van der Waals surface area contributed by atoms with Crippen molar-refractivity contribution in [3.63, 3.8) is 0 Å². The molecule has 0 aliphatic carbocycles. The highest BCUT2D eigenvalue weighted by atomic mass is 32.2. The van der Waals surface area contributed by atoms with E-state index in [1.807, 2.05) is 11.8 Å². The van der Waals surface area contributed by atoms with E-state index in [2.05, 4.69) is 28.4 Å². The van der Waals surface area contributed by atoms with Gasteiger partial charge in [0.1, 0.15) is 5.82 Å². The van der Waals surface area contributed by atoms with Gasteiger partial charge in [-0.15, -0.1) is 11.8 Å². The van der Waals surface area contributed by atoms with Crippen molar-refractivity contribution in [2.75, 3.05) is 30.3 Å². The van der Waals surface area contributed by atoms with E-state index in [4.69, 9.17) is 0 Å². The van der Waals surface area contributed by atoms with E-state index in [1.54, 1.807) is 12.1 Å². The van der Waals surface area contributed by atoms with Crippen molar-refractivity contribution in [1.29, 1.82) is 0 Å². The first-order chi connectivity index (χ1) is 13.7. The van der Waals surface area contributed by atoms with Gasteiger partial charge in [0, 0.05) is 35.9 Å². The van der Waals surface area contributed by atoms with Crippen molar-refractivity contribution >= 4 is 23.2 Å². The topological polar surface area (TPSA) is 32.3 Å². The second-order valence-electron chi connectivity index (χ2n) is 8.09. The molecular weight excluding hydrogens is 371 g/mol. The largest absolute Gasteiger partial charge is 0.364 e. The van der Waals surface area contributed by atoms with Crippen molar-refractivity contribution in [2.45, 2.75) is 42.0 Å². The standard InChI is InChI=1S/C23H25FN2OS/c24-17-7-5-16(6-8-17)20(27)9-10-23-11-12-25-15-19(23)18-3-1-4-21-22(18)26(23)13-2-14-28-21/h1,3-8,19,25H,2,9-15H2/t19-,23-/m0/s1. The average molecular weight is 397 g/mol. The number of rotatable bonds is 4. The van der Waals surface area contributed by atoms with Gasteiger partial charge in [-0.05, 0) is 67.5 Å². The van der Waals surface area contributed by atoms with Gasteiger partial charge in [-0.1, -0.05) is 12.1 Å².